The van der Waals surface area contributed by atoms with Crippen LogP contribution in [-0.4, -0.2) is 5.11 Å². The van der Waals surface area contributed by atoms with Gasteiger partial charge in [0.15, 0.2) is 0 Å². The maximum absolute atomic E-state index is 13.0. The first-order valence-electron chi connectivity index (χ1n) is 3.84. The smallest absolute Gasteiger partial charge is 0.137 e. The van der Waals surface area contributed by atoms with Crippen molar-refractivity contribution in [1.82, 2.24) is 0 Å². The lowest BCUT2D eigenvalue weighted by atomic mass is 10.1. The van der Waals surface area contributed by atoms with Crippen molar-refractivity contribution in [1.29, 1.82) is 0 Å². The van der Waals surface area contributed by atoms with Crippen LogP contribution in [-0.2, 0) is 6.42 Å². The summed E-state index contributed by atoms with van der Waals surface area (Å²) in [6.45, 7) is 0. The first-order chi connectivity index (χ1) is 5.68. The summed E-state index contributed by atoms with van der Waals surface area (Å²) < 4.78 is 13.5. The van der Waals surface area contributed by atoms with E-state index in [1.807, 2.05) is 0 Å². The summed E-state index contributed by atoms with van der Waals surface area (Å²) in [5.74, 6) is -0.297. The maximum Gasteiger partial charge on any atom is 0.137 e. The molecule has 1 aliphatic rings. The van der Waals surface area contributed by atoms with E-state index >= 15 is 0 Å². The van der Waals surface area contributed by atoms with E-state index < -0.39 is 6.10 Å². The zero-order valence-corrected chi connectivity index (χ0v) is 7.94. The third kappa shape index (κ3) is 1.17. The molecule has 0 bridgehead atoms. The van der Waals surface area contributed by atoms with Gasteiger partial charge < -0.3 is 5.11 Å². The molecule has 0 fully saturated rings. The van der Waals surface area contributed by atoms with Gasteiger partial charge in [0.1, 0.15) is 5.82 Å². The number of aryl methyl sites for hydroxylation is 1. The third-order valence-electron chi connectivity index (χ3n) is 2.23. The Bertz CT molecular complexity index is 325. The standard InChI is InChI=1S/C9H8BrFO/c10-7-3-5-1-2-9(12)6(5)4-8(7)11/h3-4,9,12H,1-2H2/t9-/m1/s1. The van der Waals surface area contributed by atoms with Gasteiger partial charge in [-0.05, 0) is 52.0 Å². The quantitative estimate of drug-likeness (QED) is 0.727. The van der Waals surface area contributed by atoms with Crippen LogP contribution in [0.25, 0.3) is 0 Å². The Kier molecular flexibility index (Phi) is 1.93. The largest absolute Gasteiger partial charge is 0.388 e. The SMILES string of the molecule is O[C@@H]1CCc2cc(Br)c(F)cc21. The number of hydrogen-bond acceptors (Lipinski definition) is 1. The van der Waals surface area contributed by atoms with Crippen LogP contribution in [0.15, 0.2) is 16.6 Å². The highest BCUT2D eigenvalue weighted by molar-refractivity contribution is 9.10. The van der Waals surface area contributed by atoms with E-state index in [4.69, 9.17) is 0 Å². The summed E-state index contributed by atoms with van der Waals surface area (Å²) in [4.78, 5) is 0. The number of benzene rings is 1. The third-order valence-corrected chi connectivity index (χ3v) is 2.84. The molecule has 0 aliphatic heterocycles. The molecule has 2 rings (SSSR count). The zero-order valence-electron chi connectivity index (χ0n) is 6.35. The normalized spacial score (nSPS) is 21.1. The van der Waals surface area contributed by atoms with Crippen LogP contribution >= 0.6 is 15.9 Å². The molecule has 1 N–H and O–H groups in total. The van der Waals surface area contributed by atoms with Crippen LogP contribution in [0.2, 0.25) is 0 Å². The summed E-state index contributed by atoms with van der Waals surface area (Å²) in [6.07, 6.45) is 1.09. The lowest BCUT2D eigenvalue weighted by Crippen LogP contribution is -1.91. The Morgan fingerprint density at radius 3 is 3.00 bits per heavy atom. The predicted octanol–water partition coefficient (Wildman–Crippen LogP) is 2.57. The minimum atomic E-state index is -0.470. The molecule has 0 saturated carbocycles. The maximum atomic E-state index is 13.0. The molecule has 0 radical (unpaired) electrons. The Hall–Kier alpha value is -0.410. The van der Waals surface area contributed by atoms with Gasteiger partial charge in [-0.2, -0.15) is 0 Å². The van der Waals surface area contributed by atoms with Crippen LogP contribution in [0, 0.1) is 5.82 Å². The summed E-state index contributed by atoms with van der Waals surface area (Å²) in [5.41, 5.74) is 1.80. The topological polar surface area (TPSA) is 20.2 Å². The van der Waals surface area contributed by atoms with Gasteiger partial charge in [-0.15, -0.1) is 0 Å². The Balaban J connectivity index is 2.56. The molecular weight excluding hydrogens is 223 g/mol. The molecule has 1 aliphatic carbocycles. The lowest BCUT2D eigenvalue weighted by molar-refractivity contribution is 0.179. The fourth-order valence-electron chi connectivity index (χ4n) is 1.58. The van der Waals surface area contributed by atoms with Crippen LogP contribution in [0.4, 0.5) is 4.39 Å². The van der Waals surface area contributed by atoms with Gasteiger partial charge in [-0.25, -0.2) is 4.39 Å². The fourth-order valence-corrected chi connectivity index (χ4v) is 1.97. The summed E-state index contributed by atoms with van der Waals surface area (Å²) in [6, 6.07) is 3.16. The average molecular weight is 231 g/mol. The van der Waals surface area contributed by atoms with Gasteiger partial charge in [-0.3, -0.25) is 0 Å². The molecule has 0 aromatic heterocycles. The zero-order chi connectivity index (χ0) is 8.72. The number of aliphatic hydroxyl groups is 1. The number of rotatable bonds is 0. The van der Waals surface area contributed by atoms with Crippen molar-refractivity contribution in [2.45, 2.75) is 18.9 Å². The Labute approximate surface area is 78.3 Å². The van der Waals surface area contributed by atoms with Gasteiger partial charge in [0.05, 0.1) is 10.6 Å². The minimum absolute atomic E-state index is 0.297. The van der Waals surface area contributed by atoms with E-state index in [0.29, 0.717) is 10.9 Å². The van der Waals surface area contributed by atoms with Crippen molar-refractivity contribution in [3.05, 3.63) is 33.5 Å². The molecule has 1 aromatic carbocycles. The van der Waals surface area contributed by atoms with Gasteiger partial charge >= 0.3 is 0 Å². The number of hydrogen-bond donors (Lipinski definition) is 1. The van der Waals surface area contributed by atoms with E-state index in [1.54, 1.807) is 6.07 Å². The summed E-state index contributed by atoms with van der Waals surface area (Å²) in [7, 11) is 0. The molecule has 1 aromatic rings. The first kappa shape index (κ1) is 8.20. The highest BCUT2D eigenvalue weighted by Crippen LogP contribution is 2.33. The molecule has 0 spiro atoms. The van der Waals surface area contributed by atoms with Crippen LogP contribution in [0.1, 0.15) is 23.7 Å². The highest BCUT2D eigenvalue weighted by Gasteiger charge is 2.21. The molecule has 1 atom stereocenters. The fraction of sp³-hybridized carbons (Fsp3) is 0.333. The number of aliphatic hydroxyl groups excluding tert-OH is 1. The molecule has 0 saturated heterocycles. The van der Waals surface area contributed by atoms with Crippen LogP contribution < -0.4 is 0 Å². The molecular formula is C9H8BrFO. The molecule has 0 unspecified atom stereocenters. The molecule has 64 valence electrons. The van der Waals surface area contributed by atoms with Crippen molar-refractivity contribution in [3.63, 3.8) is 0 Å². The van der Waals surface area contributed by atoms with Crippen molar-refractivity contribution in [3.8, 4) is 0 Å². The van der Waals surface area contributed by atoms with E-state index in [2.05, 4.69) is 15.9 Å². The second-order valence-electron chi connectivity index (χ2n) is 3.02. The van der Waals surface area contributed by atoms with Crippen molar-refractivity contribution in [2.75, 3.05) is 0 Å². The van der Waals surface area contributed by atoms with E-state index in [9.17, 15) is 9.50 Å². The molecule has 0 amide bonds. The first-order valence-corrected chi connectivity index (χ1v) is 4.63. The molecule has 0 heterocycles. The summed E-state index contributed by atoms with van der Waals surface area (Å²) in [5, 5.41) is 9.41. The van der Waals surface area contributed by atoms with Crippen molar-refractivity contribution < 1.29 is 9.50 Å². The Morgan fingerprint density at radius 1 is 1.50 bits per heavy atom. The minimum Gasteiger partial charge on any atom is -0.388 e. The van der Waals surface area contributed by atoms with Gasteiger partial charge in [-0.1, -0.05) is 0 Å². The number of fused-ring (bicyclic) bond motifs is 1. The number of halogens is 2. The van der Waals surface area contributed by atoms with Gasteiger partial charge in [0.2, 0.25) is 0 Å². The Morgan fingerprint density at radius 2 is 2.25 bits per heavy atom. The van der Waals surface area contributed by atoms with Gasteiger partial charge in [0, 0.05) is 0 Å². The van der Waals surface area contributed by atoms with E-state index in [0.717, 1.165) is 17.5 Å². The predicted molar refractivity (Wildman–Crippen MR) is 47.4 cm³/mol. The second-order valence-corrected chi connectivity index (χ2v) is 3.87. The van der Waals surface area contributed by atoms with Crippen molar-refractivity contribution in [2.24, 2.45) is 0 Å². The monoisotopic (exact) mass is 230 g/mol. The highest BCUT2D eigenvalue weighted by atomic mass is 79.9. The molecule has 3 heteroatoms. The van der Waals surface area contributed by atoms with Gasteiger partial charge in [0.25, 0.3) is 0 Å². The lowest BCUT2D eigenvalue weighted by Gasteiger charge is -2.04. The van der Waals surface area contributed by atoms with Crippen LogP contribution in [0.3, 0.4) is 0 Å². The van der Waals surface area contributed by atoms with Crippen LogP contribution in [0.5, 0.6) is 0 Å². The molecule has 1 nitrogen and oxygen atoms in total. The van der Waals surface area contributed by atoms with Crippen molar-refractivity contribution >= 4 is 15.9 Å². The van der Waals surface area contributed by atoms with E-state index in [-0.39, 0.29) is 5.82 Å². The average Bonchev–Trinajstić information content (AvgIpc) is 2.35. The van der Waals surface area contributed by atoms with E-state index in [1.165, 1.54) is 6.07 Å². The molecule has 12 heavy (non-hydrogen) atoms. The second kappa shape index (κ2) is 2.82. The summed E-state index contributed by atoms with van der Waals surface area (Å²) >= 11 is 3.11.